The van der Waals surface area contributed by atoms with Crippen molar-refractivity contribution < 1.29 is 14.7 Å². The van der Waals surface area contributed by atoms with Crippen molar-refractivity contribution in [3.05, 3.63) is 53.9 Å². The van der Waals surface area contributed by atoms with E-state index in [4.69, 9.17) is 0 Å². The van der Waals surface area contributed by atoms with Crippen molar-refractivity contribution in [1.29, 1.82) is 0 Å². The van der Waals surface area contributed by atoms with Gasteiger partial charge in [-0.3, -0.25) is 9.59 Å². The number of hydrogen-bond acceptors (Lipinski definition) is 4. The highest BCUT2D eigenvalue weighted by atomic mass is 16.3. The van der Waals surface area contributed by atoms with Crippen molar-refractivity contribution in [2.45, 2.75) is 26.3 Å². The predicted molar refractivity (Wildman–Crippen MR) is 87.5 cm³/mol. The molecule has 6 nitrogen and oxygen atoms in total. The van der Waals surface area contributed by atoms with Crippen LogP contribution in [0, 0.1) is 0 Å². The van der Waals surface area contributed by atoms with Gasteiger partial charge in [-0.25, -0.2) is 4.98 Å². The van der Waals surface area contributed by atoms with Gasteiger partial charge in [0.2, 0.25) is 0 Å². The lowest BCUT2D eigenvalue weighted by Gasteiger charge is -2.20. The standard InChI is InChI=1S/C17H19N3O3/c1-17(2,3)20-16(23)14-13(21)9-11(10-18-14)15(22)19-12-7-5-4-6-8-12/h4-10,21H,1-3H3,(H,19,22)(H,20,23). The molecule has 0 spiro atoms. The van der Waals surface area contributed by atoms with Crippen LogP contribution in [0.25, 0.3) is 0 Å². The number of amides is 2. The molecule has 0 bridgehead atoms. The summed E-state index contributed by atoms with van der Waals surface area (Å²) >= 11 is 0. The minimum absolute atomic E-state index is 0.115. The number of carbonyl (C=O) groups excluding carboxylic acids is 2. The molecule has 1 aromatic carbocycles. The van der Waals surface area contributed by atoms with E-state index in [1.165, 1.54) is 12.3 Å². The summed E-state index contributed by atoms with van der Waals surface area (Å²) in [5.41, 5.74) is 0.232. The molecule has 3 N–H and O–H groups in total. The maximum absolute atomic E-state index is 12.1. The first-order chi connectivity index (χ1) is 10.8. The Kier molecular flexibility index (Phi) is 4.64. The van der Waals surface area contributed by atoms with Crippen molar-refractivity contribution in [2.75, 3.05) is 5.32 Å². The molecule has 0 aliphatic carbocycles. The SMILES string of the molecule is CC(C)(C)NC(=O)c1ncc(C(=O)Nc2ccccc2)cc1O. The predicted octanol–water partition coefficient (Wildman–Crippen LogP) is 2.57. The van der Waals surface area contributed by atoms with E-state index >= 15 is 0 Å². The number of nitrogens with zero attached hydrogens (tertiary/aromatic N) is 1. The molecule has 1 heterocycles. The molecule has 23 heavy (non-hydrogen) atoms. The topological polar surface area (TPSA) is 91.3 Å². The smallest absolute Gasteiger partial charge is 0.274 e. The Bertz CT molecular complexity index is 722. The zero-order valence-electron chi connectivity index (χ0n) is 13.3. The van der Waals surface area contributed by atoms with Crippen LogP contribution in [-0.4, -0.2) is 27.4 Å². The molecular weight excluding hydrogens is 294 g/mol. The summed E-state index contributed by atoms with van der Waals surface area (Å²) in [4.78, 5) is 28.0. The lowest BCUT2D eigenvalue weighted by molar-refractivity contribution is 0.0909. The summed E-state index contributed by atoms with van der Waals surface area (Å²) in [5.74, 6) is -1.25. The maximum atomic E-state index is 12.1. The second-order valence-corrected chi connectivity index (χ2v) is 6.12. The van der Waals surface area contributed by atoms with E-state index in [0.29, 0.717) is 5.69 Å². The van der Waals surface area contributed by atoms with Gasteiger partial charge in [0.15, 0.2) is 5.69 Å². The van der Waals surface area contributed by atoms with Gasteiger partial charge >= 0.3 is 0 Å². The Hall–Kier alpha value is -2.89. The average molecular weight is 313 g/mol. The minimum atomic E-state index is -0.495. The molecule has 2 amide bonds. The number of aromatic hydroxyl groups is 1. The summed E-state index contributed by atoms with van der Waals surface area (Å²) in [6, 6.07) is 10.2. The molecule has 0 atom stereocenters. The molecule has 0 radical (unpaired) electrons. The second kappa shape index (κ2) is 6.48. The van der Waals surface area contributed by atoms with Gasteiger partial charge < -0.3 is 15.7 Å². The zero-order chi connectivity index (χ0) is 17.0. The van der Waals surface area contributed by atoms with Crippen molar-refractivity contribution in [1.82, 2.24) is 10.3 Å². The Morgan fingerprint density at radius 2 is 1.74 bits per heavy atom. The third-order valence-electron chi connectivity index (χ3n) is 2.87. The summed E-state index contributed by atoms with van der Waals surface area (Å²) in [7, 11) is 0. The van der Waals surface area contributed by atoms with Crippen molar-refractivity contribution in [3.63, 3.8) is 0 Å². The molecule has 6 heteroatoms. The molecule has 2 rings (SSSR count). The lowest BCUT2D eigenvalue weighted by atomic mass is 10.1. The van der Waals surface area contributed by atoms with Gasteiger partial charge in [0.1, 0.15) is 5.75 Å². The zero-order valence-corrected chi connectivity index (χ0v) is 13.3. The fourth-order valence-electron chi connectivity index (χ4n) is 1.88. The number of benzene rings is 1. The van der Waals surface area contributed by atoms with E-state index in [1.807, 2.05) is 26.8 Å². The normalized spacial score (nSPS) is 10.9. The van der Waals surface area contributed by atoms with Crippen LogP contribution in [0.3, 0.4) is 0 Å². The number of carbonyl (C=O) groups is 2. The first-order valence-electron chi connectivity index (χ1n) is 7.14. The summed E-state index contributed by atoms with van der Waals surface area (Å²) < 4.78 is 0. The Morgan fingerprint density at radius 1 is 1.09 bits per heavy atom. The molecule has 2 aromatic rings. The minimum Gasteiger partial charge on any atom is -0.505 e. The van der Waals surface area contributed by atoms with Crippen LogP contribution in [-0.2, 0) is 0 Å². The largest absolute Gasteiger partial charge is 0.505 e. The fraction of sp³-hybridized carbons (Fsp3) is 0.235. The Balaban J connectivity index is 2.15. The molecule has 0 fully saturated rings. The van der Waals surface area contributed by atoms with Crippen LogP contribution in [0.4, 0.5) is 5.69 Å². The molecule has 120 valence electrons. The van der Waals surface area contributed by atoms with E-state index in [2.05, 4.69) is 15.6 Å². The van der Waals surface area contributed by atoms with Crippen molar-refractivity contribution in [3.8, 4) is 5.75 Å². The van der Waals surface area contributed by atoms with Crippen LogP contribution >= 0.6 is 0 Å². The first kappa shape index (κ1) is 16.5. The number of hydrogen-bond donors (Lipinski definition) is 3. The van der Waals surface area contributed by atoms with E-state index in [-0.39, 0.29) is 17.0 Å². The van der Waals surface area contributed by atoms with Crippen LogP contribution in [0.1, 0.15) is 41.6 Å². The highest BCUT2D eigenvalue weighted by molar-refractivity contribution is 6.05. The quantitative estimate of drug-likeness (QED) is 0.812. The van der Waals surface area contributed by atoms with Gasteiger partial charge in [0, 0.05) is 17.4 Å². The monoisotopic (exact) mass is 313 g/mol. The molecule has 1 aromatic heterocycles. The van der Waals surface area contributed by atoms with Crippen molar-refractivity contribution >= 4 is 17.5 Å². The van der Waals surface area contributed by atoms with Crippen LogP contribution < -0.4 is 10.6 Å². The van der Waals surface area contributed by atoms with Gasteiger partial charge in [0.25, 0.3) is 11.8 Å². The van der Waals surface area contributed by atoms with Gasteiger partial charge in [-0.2, -0.15) is 0 Å². The number of rotatable bonds is 3. The summed E-state index contributed by atoms with van der Waals surface area (Å²) in [6.45, 7) is 5.47. The van der Waals surface area contributed by atoms with Gasteiger partial charge in [-0.05, 0) is 39.0 Å². The highest BCUT2D eigenvalue weighted by Gasteiger charge is 2.20. The van der Waals surface area contributed by atoms with Gasteiger partial charge in [-0.15, -0.1) is 0 Å². The maximum Gasteiger partial charge on any atom is 0.274 e. The molecule has 0 aliphatic rings. The van der Waals surface area contributed by atoms with E-state index in [0.717, 1.165) is 0 Å². The number of para-hydroxylation sites is 1. The van der Waals surface area contributed by atoms with Gasteiger partial charge in [0.05, 0.1) is 5.56 Å². The average Bonchev–Trinajstić information content (AvgIpc) is 2.46. The number of aromatic nitrogens is 1. The van der Waals surface area contributed by atoms with E-state index < -0.39 is 17.4 Å². The van der Waals surface area contributed by atoms with E-state index in [1.54, 1.807) is 24.3 Å². The summed E-state index contributed by atoms with van der Waals surface area (Å²) in [6.07, 6.45) is 1.26. The third kappa shape index (κ3) is 4.54. The molecule has 0 saturated heterocycles. The Labute approximate surface area is 134 Å². The number of nitrogens with one attached hydrogen (secondary N) is 2. The number of anilines is 1. The van der Waals surface area contributed by atoms with Gasteiger partial charge in [-0.1, -0.05) is 18.2 Å². The first-order valence-corrected chi connectivity index (χ1v) is 7.14. The third-order valence-corrected chi connectivity index (χ3v) is 2.87. The molecule has 0 aliphatic heterocycles. The second-order valence-electron chi connectivity index (χ2n) is 6.12. The molecule has 0 saturated carbocycles. The number of pyridine rings is 1. The molecular formula is C17H19N3O3. The Morgan fingerprint density at radius 3 is 2.30 bits per heavy atom. The lowest BCUT2D eigenvalue weighted by Crippen LogP contribution is -2.41. The fourth-order valence-corrected chi connectivity index (χ4v) is 1.88. The van der Waals surface area contributed by atoms with Crippen LogP contribution in [0.2, 0.25) is 0 Å². The van der Waals surface area contributed by atoms with Crippen molar-refractivity contribution in [2.24, 2.45) is 0 Å². The van der Waals surface area contributed by atoms with Crippen LogP contribution in [0.15, 0.2) is 42.6 Å². The van der Waals surface area contributed by atoms with Crippen LogP contribution in [0.5, 0.6) is 5.75 Å². The molecule has 0 unspecified atom stereocenters. The highest BCUT2D eigenvalue weighted by Crippen LogP contribution is 2.18. The summed E-state index contributed by atoms with van der Waals surface area (Å²) in [5, 5.41) is 15.4. The van der Waals surface area contributed by atoms with E-state index in [9.17, 15) is 14.7 Å².